The third kappa shape index (κ3) is 3.37. The van der Waals surface area contributed by atoms with Gasteiger partial charge in [-0.1, -0.05) is 6.92 Å². The van der Waals surface area contributed by atoms with E-state index >= 15 is 0 Å². The van der Waals surface area contributed by atoms with Crippen molar-refractivity contribution in [3.8, 4) is 5.75 Å². The number of benzene rings is 1. The highest BCUT2D eigenvalue weighted by Crippen LogP contribution is 2.22. The summed E-state index contributed by atoms with van der Waals surface area (Å²) in [7, 11) is 3.03. The zero-order chi connectivity index (χ0) is 12.8. The molecule has 0 aliphatic carbocycles. The number of rotatable bonds is 5. The minimum Gasteiger partial charge on any atom is -0.497 e. The van der Waals surface area contributed by atoms with E-state index < -0.39 is 0 Å². The Balaban J connectivity index is 2.83. The van der Waals surface area contributed by atoms with Gasteiger partial charge in [0.15, 0.2) is 0 Å². The first-order valence-electron chi connectivity index (χ1n) is 5.61. The SMILES string of the molecule is CCC(Nc1ccc(OC)cc1C)C(=O)OC. The van der Waals surface area contributed by atoms with E-state index in [1.807, 2.05) is 32.0 Å². The molecule has 17 heavy (non-hydrogen) atoms. The predicted molar refractivity (Wildman–Crippen MR) is 67.4 cm³/mol. The van der Waals surface area contributed by atoms with Crippen LogP contribution in [0.4, 0.5) is 5.69 Å². The van der Waals surface area contributed by atoms with Gasteiger partial charge in [0.25, 0.3) is 0 Å². The quantitative estimate of drug-likeness (QED) is 0.799. The van der Waals surface area contributed by atoms with Crippen LogP contribution in [-0.4, -0.2) is 26.2 Å². The smallest absolute Gasteiger partial charge is 0.328 e. The van der Waals surface area contributed by atoms with Crippen molar-refractivity contribution in [1.29, 1.82) is 0 Å². The molecule has 1 N–H and O–H groups in total. The van der Waals surface area contributed by atoms with Crippen LogP contribution in [0.1, 0.15) is 18.9 Å². The number of carbonyl (C=O) groups is 1. The number of ether oxygens (including phenoxy) is 2. The number of aryl methyl sites for hydroxylation is 1. The summed E-state index contributed by atoms with van der Waals surface area (Å²) in [6, 6.07) is 5.37. The second-order valence-corrected chi connectivity index (χ2v) is 3.81. The Bertz CT molecular complexity index is 390. The molecule has 1 atom stereocenters. The summed E-state index contributed by atoms with van der Waals surface area (Å²) in [5, 5.41) is 3.17. The minimum atomic E-state index is -0.313. The Labute approximate surface area is 102 Å². The third-order valence-electron chi connectivity index (χ3n) is 2.66. The van der Waals surface area contributed by atoms with Gasteiger partial charge in [-0.25, -0.2) is 4.79 Å². The van der Waals surface area contributed by atoms with Gasteiger partial charge < -0.3 is 14.8 Å². The Morgan fingerprint density at radius 3 is 2.59 bits per heavy atom. The zero-order valence-electron chi connectivity index (χ0n) is 10.7. The van der Waals surface area contributed by atoms with E-state index in [0.29, 0.717) is 6.42 Å². The molecule has 0 aliphatic rings. The number of methoxy groups -OCH3 is 2. The predicted octanol–water partition coefficient (Wildman–Crippen LogP) is 2.37. The topological polar surface area (TPSA) is 47.6 Å². The minimum absolute atomic E-state index is 0.247. The lowest BCUT2D eigenvalue weighted by Gasteiger charge is -2.17. The van der Waals surface area contributed by atoms with E-state index in [-0.39, 0.29) is 12.0 Å². The second-order valence-electron chi connectivity index (χ2n) is 3.81. The van der Waals surface area contributed by atoms with Gasteiger partial charge in [0, 0.05) is 5.69 Å². The summed E-state index contributed by atoms with van der Waals surface area (Å²) in [5.41, 5.74) is 1.95. The van der Waals surface area contributed by atoms with E-state index in [1.54, 1.807) is 7.11 Å². The second kappa shape index (κ2) is 6.13. The van der Waals surface area contributed by atoms with Gasteiger partial charge in [0.1, 0.15) is 11.8 Å². The monoisotopic (exact) mass is 237 g/mol. The van der Waals surface area contributed by atoms with Crippen molar-refractivity contribution < 1.29 is 14.3 Å². The van der Waals surface area contributed by atoms with E-state index in [1.165, 1.54) is 7.11 Å². The fraction of sp³-hybridized carbons (Fsp3) is 0.462. The van der Waals surface area contributed by atoms with E-state index in [0.717, 1.165) is 17.0 Å². The molecule has 0 spiro atoms. The molecular formula is C13H19NO3. The maximum Gasteiger partial charge on any atom is 0.328 e. The first kappa shape index (κ1) is 13.4. The lowest BCUT2D eigenvalue weighted by molar-refractivity contribution is -0.141. The van der Waals surface area contributed by atoms with Gasteiger partial charge in [-0.15, -0.1) is 0 Å². The van der Waals surface area contributed by atoms with Crippen molar-refractivity contribution in [2.75, 3.05) is 19.5 Å². The third-order valence-corrected chi connectivity index (χ3v) is 2.66. The summed E-state index contributed by atoms with van der Waals surface area (Å²) >= 11 is 0. The number of esters is 1. The highest BCUT2D eigenvalue weighted by atomic mass is 16.5. The Hall–Kier alpha value is -1.71. The van der Waals surface area contributed by atoms with Gasteiger partial charge in [0.05, 0.1) is 14.2 Å². The van der Waals surface area contributed by atoms with Crippen LogP contribution in [0.5, 0.6) is 5.75 Å². The maximum absolute atomic E-state index is 11.5. The van der Waals surface area contributed by atoms with E-state index in [9.17, 15) is 4.79 Å². The highest BCUT2D eigenvalue weighted by molar-refractivity contribution is 5.79. The summed E-state index contributed by atoms with van der Waals surface area (Å²) in [4.78, 5) is 11.5. The standard InChI is InChI=1S/C13H19NO3/c1-5-11(13(15)17-4)14-12-7-6-10(16-3)8-9(12)2/h6-8,11,14H,5H2,1-4H3. The maximum atomic E-state index is 11.5. The molecule has 0 fully saturated rings. The average molecular weight is 237 g/mol. The Morgan fingerprint density at radius 2 is 2.12 bits per heavy atom. The number of anilines is 1. The fourth-order valence-electron chi connectivity index (χ4n) is 1.58. The van der Waals surface area contributed by atoms with Crippen LogP contribution in [-0.2, 0) is 9.53 Å². The molecule has 0 saturated heterocycles. The molecule has 0 amide bonds. The van der Waals surface area contributed by atoms with Gasteiger partial charge in [-0.2, -0.15) is 0 Å². The van der Waals surface area contributed by atoms with Crippen molar-refractivity contribution >= 4 is 11.7 Å². The number of nitrogens with one attached hydrogen (secondary N) is 1. The van der Waals surface area contributed by atoms with Crippen LogP contribution in [0.2, 0.25) is 0 Å². The normalized spacial score (nSPS) is 11.8. The van der Waals surface area contributed by atoms with Crippen molar-refractivity contribution in [2.24, 2.45) is 0 Å². The Kier molecular flexibility index (Phi) is 4.82. The number of hydrogen-bond donors (Lipinski definition) is 1. The first-order chi connectivity index (χ1) is 8.12. The van der Waals surface area contributed by atoms with Gasteiger partial charge in [0.2, 0.25) is 0 Å². The number of hydrogen-bond acceptors (Lipinski definition) is 4. The molecule has 4 heteroatoms. The number of carbonyl (C=O) groups excluding carboxylic acids is 1. The van der Waals surface area contributed by atoms with Gasteiger partial charge in [-0.3, -0.25) is 0 Å². The molecule has 1 aromatic rings. The molecular weight excluding hydrogens is 218 g/mol. The van der Waals surface area contributed by atoms with E-state index in [4.69, 9.17) is 9.47 Å². The molecule has 1 unspecified atom stereocenters. The zero-order valence-corrected chi connectivity index (χ0v) is 10.7. The molecule has 0 bridgehead atoms. The van der Waals surface area contributed by atoms with Crippen molar-refractivity contribution in [3.63, 3.8) is 0 Å². The molecule has 1 rings (SSSR count). The summed E-state index contributed by atoms with van der Waals surface area (Å²) < 4.78 is 9.86. The van der Waals surface area contributed by atoms with Gasteiger partial charge in [-0.05, 0) is 37.1 Å². The van der Waals surface area contributed by atoms with Crippen molar-refractivity contribution in [2.45, 2.75) is 26.3 Å². The molecule has 4 nitrogen and oxygen atoms in total. The van der Waals surface area contributed by atoms with Crippen molar-refractivity contribution in [1.82, 2.24) is 0 Å². The lowest BCUT2D eigenvalue weighted by atomic mass is 10.1. The molecule has 94 valence electrons. The average Bonchev–Trinajstić information content (AvgIpc) is 2.36. The van der Waals surface area contributed by atoms with Crippen LogP contribution in [0.25, 0.3) is 0 Å². The van der Waals surface area contributed by atoms with Crippen LogP contribution in [0.15, 0.2) is 18.2 Å². The van der Waals surface area contributed by atoms with Gasteiger partial charge >= 0.3 is 5.97 Å². The van der Waals surface area contributed by atoms with Crippen LogP contribution in [0.3, 0.4) is 0 Å². The largest absolute Gasteiger partial charge is 0.497 e. The molecule has 0 aliphatic heterocycles. The molecule has 1 aromatic carbocycles. The van der Waals surface area contributed by atoms with Crippen LogP contribution < -0.4 is 10.1 Å². The van der Waals surface area contributed by atoms with Crippen LogP contribution in [0, 0.1) is 6.92 Å². The first-order valence-corrected chi connectivity index (χ1v) is 5.61. The van der Waals surface area contributed by atoms with Crippen molar-refractivity contribution in [3.05, 3.63) is 23.8 Å². The summed E-state index contributed by atoms with van der Waals surface area (Å²) in [5.74, 6) is 0.557. The highest BCUT2D eigenvalue weighted by Gasteiger charge is 2.17. The van der Waals surface area contributed by atoms with E-state index in [2.05, 4.69) is 5.32 Å². The Morgan fingerprint density at radius 1 is 1.41 bits per heavy atom. The fourth-order valence-corrected chi connectivity index (χ4v) is 1.58. The molecule has 0 aromatic heterocycles. The van der Waals surface area contributed by atoms with Crippen LogP contribution >= 0.6 is 0 Å². The summed E-state index contributed by atoms with van der Waals surface area (Å²) in [6.07, 6.45) is 0.679. The molecule has 0 heterocycles. The lowest BCUT2D eigenvalue weighted by Crippen LogP contribution is -2.30. The molecule has 0 radical (unpaired) electrons. The molecule has 0 saturated carbocycles. The summed E-state index contributed by atoms with van der Waals surface area (Å²) in [6.45, 7) is 3.91.